The summed E-state index contributed by atoms with van der Waals surface area (Å²) in [4.78, 5) is 16.2. The minimum Gasteiger partial charge on any atom is -0.485 e. The minimum absolute atomic E-state index is 0.277. The van der Waals surface area contributed by atoms with E-state index in [2.05, 4.69) is 4.98 Å². The predicted molar refractivity (Wildman–Crippen MR) is 74.2 cm³/mol. The largest absolute Gasteiger partial charge is 0.485 e. The van der Waals surface area contributed by atoms with Crippen LogP contribution >= 0.6 is 22.9 Å². The number of rotatable bonds is 4. The maximum absolute atomic E-state index is 10.9. The number of carbonyl (C=O) groups is 1. The number of imidazole rings is 1. The molecular formula is C13H9ClN2O2S. The van der Waals surface area contributed by atoms with Crippen LogP contribution in [0.25, 0.3) is 4.96 Å². The van der Waals surface area contributed by atoms with Gasteiger partial charge in [-0.3, -0.25) is 9.20 Å². The van der Waals surface area contributed by atoms with Crippen LogP contribution in [0.5, 0.6) is 5.75 Å². The highest BCUT2D eigenvalue weighted by Crippen LogP contribution is 2.28. The van der Waals surface area contributed by atoms with Gasteiger partial charge in [0.25, 0.3) is 0 Å². The number of fused-ring (bicyclic) bond motifs is 1. The first-order valence-corrected chi connectivity index (χ1v) is 6.81. The van der Waals surface area contributed by atoms with Crippen LogP contribution in [0.4, 0.5) is 0 Å². The highest BCUT2D eigenvalue weighted by Gasteiger charge is 2.09. The van der Waals surface area contributed by atoms with Crippen molar-refractivity contribution in [2.45, 2.75) is 6.61 Å². The highest BCUT2D eigenvalue weighted by molar-refractivity contribution is 7.15. The van der Waals surface area contributed by atoms with Crippen molar-refractivity contribution >= 4 is 34.2 Å². The van der Waals surface area contributed by atoms with Crippen molar-refractivity contribution in [1.29, 1.82) is 0 Å². The first kappa shape index (κ1) is 12.2. The number of benzene rings is 1. The number of para-hydroxylation sites is 1. The number of aromatic nitrogens is 2. The Balaban J connectivity index is 1.82. The molecule has 0 saturated heterocycles. The molecule has 0 aliphatic carbocycles. The Morgan fingerprint density at radius 2 is 2.37 bits per heavy atom. The van der Waals surface area contributed by atoms with Gasteiger partial charge in [-0.15, -0.1) is 11.3 Å². The van der Waals surface area contributed by atoms with Crippen LogP contribution in [0.1, 0.15) is 16.1 Å². The van der Waals surface area contributed by atoms with Crippen molar-refractivity contribution in [1.82, 2.24) is 9.38 Å². The van der Waals surface area contributed by atoms with Gasteiger partial charge in [0.1, 0.15) is 12.4 Å². The summed E-state index contributed by atoms with van der Waals surface area (Å²) in [6, 6.07) is 5.07. The van der Waals surface area contributed by atoms with E-state index in [-0.39, 0.29) is 6.61 Å². The minimum atomic E-state index is 0.277. The Morgan fingerprint density at radius 3 is 3.16 bits per heavy atom. The number of ether oxygens (including phenoxy) is 1. The summed E-state index contributed by atoms with van der Waals surface area (Å²) in [6.45, 7) is 0.277. The van der Waals surface area contributed by atoms with Crippen LogP contribution < -0.4 is 4.74 Å². The van der Waals surface area contributed by atoms with Crippen molar-refractivity contribution in [3.63, 3.8) is 0 Å². The standard InChI is InChI=1S/C13H9ClN2O2S/c14-11-3-1-2-9(7-17)12(11)18-8-10-6-16-4-5-19-13(16)15-10/h1-7H,8H2. The molecule has 3 rings (SSSR count). The molecule has 0 spiro atoms. The Kier molecular flexibility index (Phi) is 3.23. The third-order valence-electron chi connectivity index (χ3n) is 2.63. The van der Waals surface area contributed by atoms with Crippen molar-refractivity contribution in [2.75, 3.05) is 0 Å². The molecule has 0 unspecified atom stereocenters. The second-order valence-electron chi connectivity index (χ2n) is 3.89. The van der Waals surface area contributed by atoms with Crippen molar-refractivity contribution in [2.24, 2.45) is 0 Å². The van der Waals surface area contributed by atoms with E-state index >= 15 is 0 Å². The second kappa shape index (κ2) is 5.03. The molecule has 0 saturated carbocycles. The zero-order valence-corrected chi connectivity index (χ0v) is 11.3. The number of nitrogens with zero attached hydrogens (tertiary/aromatic N) is 2. The lowest BCUT2D eigenvalue weighted by molar-refractivity contribution is 0.111. The summed E-state index contributed by atoms with van der Waals surface area (Å²) < 4.78 is 7.54. The Labute approximate surface area is 118 Å². The van der Waals surface area contributed by atoms with Crippen LogP contribution in [-0.2, 0) is 6.61 Å². The first-order valence-electron chi connectivity index (χ1n) is 5.55. The summed E-state index contributed by atoms with van der Waals surface area (Å²) >= 11 is 7.58. The molecule has 0 N–H and O–H groups in total. The van der Waals surface area contributed by atoms with Gasteiger partial charge in [0.05, 0.1) is 16.3 Å². The number of thiazole rings is 1. The molecule has 0 fully saturated rings. The Hall–Kier alpha value is -1.85. The van der Waals surface area contributed by atoms with Gasteiger partial charge in [-0.1, -0.05) is 17.7 Å². The van der Waals surface area contributed by atoms with E-state index in [0.29, 0.717) is 16.3 Å². The molecule has 96 valence electrons. The van der Waals surface area contributed by atoms with Crippen molar-refractivity contribution in [3.05, 3.63) is 52.3 Å². The van der Waals surface area contributed by atoms with Crippen LogP contribution in [0.2, 0.25) is 5.02 Å². The van der Waals surface area contributed by atoms with Gasteiger partial charge in [-0.25, -0.2) is 4.98 Å². The van der Waals surface area contributed by atoms with Crippen LogP contribution in [0.3, 0.4) is 0 Å². The fourth-order valence-corrected chi connectivity index (χ4v) is 2.72. The molecule has 2 aromatic heterocycles. The molecule has 6 heteroatoms. The SMILES string of the molecule is O=Cc1cccc(Cl)c1OCc1cn2ccsc2n1. The molecule has 0 atom stereocenters. The van der Waals surface area contributed by atoms with E-state index in [9.17, 15) is 4.79 Å². The number of aldehydes is 1. The highest BCUT2D eigenvalue weighted by atomic mass is 35.5. The first-order chi connectivity index (χ1) is 9.28. The van der Waals surface area contributed by atoms with Crippen LogP contribution in [0.15, 0.2) is 36.0 Å². The van der Waals surface area contributed by atoms with Gasteiger partial charge in [0.15, 0.2) is 11.2 Å². The third kappa shape index (κ3) is 2.34. The van der Waals surface area contributed by atoms with Gasteiger partial charge in [0, 0.05) is 17.8 Å². The molecule has 3 aromatic rings. The Bertz CT molecular complexity index is 707. The predicted octanol–water partition coefficient (Wildman–Crippen LogP) is 3.44. The molecular weight excluding hydrogens is 284 g/mol. The fourth-order valence-electron chi connectivity index (χ4n) is 1.76. The number of hydrogen-bond acceptors (Lipinski definition) is 4. The van der Waals surface area contributed by atoms with Gasteiger partial charge in [0.2, 0.25) is 0 Å². The molecule has 0 aliphatic rings. The van der Waals surface area contributed by atoms with Gasteiger partial charge in [-0.05, 0) is 12.1 Å². The van der Waals surface area contributed by atoms with E-state index in [1.165, 1.54) is 0 Å². The second-order valence-corrected chi connectivity index (χ2v) is 5.17. The van der Waals surface area contributed by atoms with Gasteiger partial charge in [-0.2, -0.15) is 0 Å². The maximum Gasteiger partial charge on any atom is 0.193 e. The van der Waals surface area contributed by atoms with E-state index in [1.54, 1.807) is 29.5 Å². The quantitative estimate of drug-likeness (QED) is 0.692. The summed E-state index contributed by atoms with van der Waals surface area (Å²) in [7, 11) is 0. The smallest absolute Gasteiger partial charge is 0.193 e. The van der Waals surface area contributed by atoms with Crippen LogP contribution in [-0.4, -0.2) is 15.7 Å². The zero-order valence-electron chi connectivity index (χ0n) is 9.75. The summed E-state index contributed by atoms with van der Waals surface area (Å²) in [6.07, 6.45) is 4.55. The van der Waals surface area contributed by atoms with Gasteiger partial charge < -0.3 is 4.74 Å². The number of hydrogen-bond donors (Lipinski definition) is 0. The van der Waals surface area contributed by atoms with Gasteiger partial charge >= 0.3 is 0 Å². The lowest BCUT2D eigenvalue weighted by atomic mass is 10.2. The Morgan fingerprint density at radius 1 is 1.47 bits per heavy atom. The molecule has 0 amide bonds. The van der Waals surface area contributed by atoms with Crippen molar-refractivity contribution < 1.29 is 9.53 Å². The fraction of sp³-hybridized carbons (Fsp3) is 0.0769. The maximum atomic E-state index is 10.9. The summed E-state index contributed by atoms with van der Waals surface area (Å²) in [5, 5.41) is 2.39. The molecule has 0 aliphatic heterocycles. The molecule has 2 heterocycles. The average molecular weight is 293 g/mol. The summed E-state index contributed by atoms with van der Waals surface area (Å²) in [5.41, 5.74) is 1.23. The molecule has 4 nitrogen and oxygen atoms in total. The zero-order chi connectivity index (χ0) is 13.2. The third-order valence-corrected chi connectivity index (χ3v) is 3.70. The molecule has 0 radical (unpaired) electrons. The number of carbonyl (C=O) groups excluding carboxylic acids is 1. The lowest BCUT2D eigenvalue weighted by Crippen LogP contribution is -1.99. The van der Waals surface area contributed by atoms with Crippen LogP contribution in [0, 0.1) is 0 Å². The normalized spacial score (nSPS) is 10.8. The van der Waals surface area contributed by atoms with E-state index < -0.39 is 0 Å². The summed E-state index contributed by atoms with van der Waals surface area (Å²) in [5.74, 6) is 0.399. The lowest BCUT2D eigenvalue weighted by Gasteiger charge is -2.08. The molecule has 1 aromatic carbocycles. The average Bonchev–Trinajstić information content (AvgIpc) is 2.97. The van der Waals surface area contributed by atoms with E-state index in [1.807, 2.05) is 22.2 Å². The van der Waals surface area contributed by atoms with Crippen molar-refractivity contribution in [3.8, 4) is 5.75 Å². The number of halogens is 1. The van der Waals surface area contributed by atoms with E-state index in [4.69, 9.17) is 16.3 Å². The molecule has 0 bridgehead atoms. The topological polar surface area (TPSA) is 43.6 Å². The molecule has 19 heavy (non-hydrogen) atoms. The monoisotopic (exact) mass is 292 g/mol. The van der Waals surface area contributed by atoms with E-state index in [0.717, 1.165) is 16.9 Å².